The molecule has 0 radical (unpaired) electrons. The predicted octanol–water partition coefficient (Wildman–Crippen LogP) is 2.71. The van der Waals surface area contributed by atoms with Crippen molar-refractivity contribution in [2.75, 3.05) is 5.88 Å². The standard InChI is InChI=1S/C9H13ClO/c1-3-5-6-8(4-2)9(11)7-10/h4-6H,3,7H2,1-2H3/b6-5-,8-4+. The molecule has 0 saturated heterocycles. The van der Waals surface area contributed by atoms with Gasteiger partial charge < -0.3 is 0 Å². The van der Waals surface area contributed by atoms with E-state index < -0.39 is 0 Å². The minimum absolute atomic E-state index is 0.0149. The second-order valence-electron chi connectivity index (χ2n) is 2.11. The molecular weight excluding hydrogens is 160 g/mol. The molecule has 0 aliphatic carbocycles. The normalized spacial score (nSPS) is 12.5. The molecule has 62 valence electrons. The van der Waals surface area contributed by atoms with Gasteiger partial charge in [-0.3, -0.25) is 4.79 Å². The fourth-order valence-corrected chi connectivity index (χ4v) is 0.826. The van der Waals surface area contributed by atoms with Gasteiger partial charge in [0.1, 0.15) is 0 Å². The van der Waals surface area contributed by atoms with Crippen LogP contribution in [0, 0.1) is 0 Å². The van der Waals surface area contributed by atoms with E-state index in [2.05, 4.69) is 0 Å². The van der Waals surface area contributed by atoms with Crippen molar-refractivity contribution in [2.24, 2.45) is 0 Å². The number of hydrogen-bond donors (Lipinski definition) is 0. The van der Waals surface area contributed by atoms with Crippen molar-refractivity contribution in [1.82, 2.24) is 0 Å². The summed E-state index contributed by atoms with van der Waals surface area (Å²) in [7, 11) is 0. The fourth-order valence-electron chi connectivity index (χ4n) is 0.672. The van der Waals surface area contributed by atoms with E-state index in [4.69, 9.17) is 11.6 Å². The number of halogens is 1. The number of ketones is 1. The molecule has 0 heterocycles. The van der Waals surface area contributed by atoms with Crippen molar-refractivity contribution in [1.29, 1.82) is 0 Å². The highest BCUT2D eigenvalue weighted by Gasteiger charge is 2.01. The molecule has 0 atom stereocenters. The van der Waals surface area contributed by atoms with Gasteiger partial charge in [-0.1, -0.05) is 25.2 Å². The Morgan fingerprint density at radius 3 is 2.55 bits per heavy atom. The number of alkyl halides is 1. The Kier molecular flexibility index (Phi) is 5.86. The largest absolute Gasteiger partial charge is 0.293 e. The zero-order chi connectivity index (χ0) is 8.69. The molecule has 0 N–H and O–H groups in total. The maximum atomic E-state index is 11.0. The summed E-state index contributed by atoms with van der Waals surface area (Å²) in [6, 6.07) is 0. The Bertz CT molecular complexity index is 180. The van der Waals surface area contributed by atoms with Gasteiger partial charge in [-0.25, -0.2) is 0 Å². The lowest BCUT2D eigenvalue weighted by Crippen LogP contribution is -2.00. The minimum Gasteiger partial charge on any atom is -0.293 e. The monoisotopic (exact) mass is 172 g/mol. The summed E-state index contributed by atoms with van der Waals surface area (Å²) in [4.78, 5) is 11.0. The van der Waals surface area contributed by atoms with Crippen LogP contribution in [-0.2, 0) is 4.79 Å². The quantitative estimate of drug-likeness (QED) is 0.362. The number of allylic oxidation sites excluding steroid dienone is 4. The third-order valence-corrected chi connectivity index (χ3v) is 1.53. The molecule has 0 aromatic heterocycles. The summed E-state index contributed by atoms with van der Waals surface area (Å²) in [5.41, 5.74) is 0.696. The second kappa shape index (κ2) is 6.17. The van der Waals surface area contributed by atoms with Gasteiger partial charge in [0.05, 0.1) is 5.88 Å². The molecule has 0 saturated carbocycles. The maximum absolute atomic E-state index is 11.0. The van der Waals surface area contributed by atoms with Gasteiger partial charge in [-0.05, 0) is 13.3 Å². The third-order valence-electron chi connectivity index (χ3n) is 1.29. The number of hydrogen-bond acceptors (Lipinski definition) is 1. The first-order valence-electron chi connectivity index (χ1n) is 3.68. The highest BCUT2D eigenvalue weighted by molar-refractivity contribution is 6.30. The van der Waals surface area contributed by atoms with Gasteiger partial charge in [-0.2, -0.15) is 0 Å². The summed E-state index contributed by atoms with van der Waals surface area (Å²) in [5, 5.41) is 0. The lowest BCUT2D eigenvalue weighted by molar-refractivity contribution is -0.113. The van der Waals surface area contributed by atoms with E-state index in [1.165, 1.54) is 0 Å². The van der Waals surface area contributed by atoms with Crippen LogP contribution in [0.15, 0.2) is 23.8 Å². The van der Waals surface area contributed by atoms with E-state index in [9.17, 15) is 4.79 Å². The van der Waals surface area contributed by atoms with Crippen LogP contribution in [0.2, 0.25) is 0 Å². The van der Waals surface area contributed by atoms with Crippen LogP contribution in [0.25, 0.3) is 0 Å². The SMILES string of the molecule is C/C=C(\C=C/CC)C(=O)CCl. The second-order valence-corrected chi connectivity index (χ2v) is 2.38. The van der Waals surface area contributed by atoms with Gasteiger partial charge in [0, 0.05) is 5.57 Å². The molecule has 0 unspecified atom stereocenters. The first-order valence-corrected chi connectivity index (χ1v) is 4.21. The number of carbonyl (C=O) groups excluding carboxylic acids is 1. The molecule has 0 fully saturated rings. The van der Waals surface area contributed by atoms with Crippen LogP contribution in [0.4, 0.5) is 0 Å². The van der Waals surface area contributed by atoms with Crippen molar-refractivity contribution in [3.05, 3.63) is 23.8 Å². The van der Waals surface area contributed by atoms with Crippen LogP contribution in [0.3, 0.4) is 0 Å². The summed E-state index contributed by atoms with van der Waals surface area (Å²) < 4.78 is 0. The molecule has 0 aromatic carbocycles. The Labute approximate surface area is 72.7 Å². The van der Waals surface area contributed by atoms with Crippen molar-refractivity contribution >= 4 is 17.4 Å². The number of rotatable bonds is 4. The Morgan fingerprint density at radius 2 is 2.18 bits per heavy atom. The first-order chi connectivity index (χ1) is 5.26. The fraction of sp³-hybridized carbons (Fsp3) is 0.444. The molecule has 0 spiro atoms. The minimum atomic E-state index is -0.0149. The topological polar surface area (TPSA) is 17.1 Å². The Balaban J connectivity index is 4.19. The molecule has 0 aliphatic rings. The average molecular weight is 173 g/mol. The molecule has 0 rings (SSSR count). The Hall–Kier alpha value is -0.560. The lowest BCUT2D eigenvalue weighted by atomic mass is 10.1. The molecule has 0 bridgehead atoms. The van der Waals surface area contributed by atoms with Gasteiger partial charge in [0.25, 0.3) is 0 Å². The van der Waals surface area contributed by atoms with E-state index in [0.29, 0.717) is 5.57 Å². The third kappa shape index (κ3) is 3.99. The van der Waals surface area contributed by atoms with E-state index in [1.807, 2.05) is 26.0 Å². The summed E-state index contributed by atoms with van der Waals surface area (Å²) in [6.45, 7) is 3.86. The molecule has 0 aromatic rings. The summed E-state index contributed by atoms with van der Waals surface area (Å²) >= 11 is 5.38. The predicted molar refractivity (Wildman–Crippen MR) is 48.9 cm³/mol. The van der Waals surface area contributed by atoms with E-state index in [-0.39, 0.29) is 11.7 Å². The van der Waals surface area contributed by atoms with Gasteiger partial charge in [0.15, 0.2) is 5.78 Å². The van der Waals surface area contributed by atoms with Crippen molar-refractivity contribution in [3.8, 4) is 0 Å². The van der Waals surface area contributed by atoms with Gasteiger partial charge in [0.2, 0.25) is 0 Å². The molecule has 2 heteroatoms. The van der Waals surface area contributed by atoms with Crippen LogP contribution < -0.4 is 0 Å². The Morgan fingerprint density at radius 1 is 1.55 bits per heavy atom. The smallest absolute Gasteiger partial charge is 0.177 e. The van der Waals surface area contributed by atoms with Crippen LogP contribution in [0.5, 0.6) is 0 Å². The highest BCUT2D eigenvalue weighted by atomic mass is 35.5. The first kappa shape index (κ1) is 10.4. The van der Waals surface area contributed by atoms with Crippen LogP contribution >= 0.6 is 11.6 Å². The molecule has 11 heavy (non-hydrogen) atoms. The highest BCUT2D eigenvalue weighted by Crippen LogP contribution is 2.01. The number of Topliss-reactive ketones (excluding diaryl/α,β-unsaturated/α-hetero) is 1. The zero-order valence-electron chi connectivity index (χ0n) is 6.93. The van der Waals surface area contributed by atoms with Crippen LogP contribution in [-0.4, -0.2) is 11.7 Å². The maximum Gasteiger partial charge on any atom is 0.177 e. The van der Waals surface area contributed by atoms with Gasteiger partial charge >= 0.3 is 0 Å². The van der Waals surface area contributed by atoms with Crippen molar-refractivity contribution in [3.63, 3.8) is 0 Å². The molecule has 0 aliphatic heterocycles. The summed E-state index contributed by atoms with van der Waals surface area (Å²) in [6.07, 6.45) is 6.47. The van der Waals surface area contributed by atoms with Crippen molar-refractivity contribution in [2.45, 2.75) is 20.3 Å². The molecule has 1 nitrogen and oxygen atoms in total. The van der Waals surface area contributed by atoms with Crippen molar-refractivity contribution < 1.29 is 4.79 Å². The summed E-state index contributed by atoms with van der Waals surface area (Å²) in [5.74, 6) is 0.0483. The number of carbonyl (C=O) groups is 1. The average Bonchev–Trinajstić information content (AvgIpc) is 2.05. The van der Waals surface area contributed by atoms with E-state index >= 15 is 0 Å². The molecular formula is C9H13ClO. The van der Waals surface area contributed by atoms with E-state index in [0.717, 1.165) is 6.42 Å². The zero-order valence-corrected chi connectivity index (χ0v) is 7.69. The van der Waals surface area contributed by atoms with Gasteiger partial charge in [-0.15, -0.1) is 11.6 Å². The van der Waals surface area contributed by atoms with E-state index in [1.54, 1.807) is 6.08 Å². The molecule has 0 amide bonds. The lowest BCUT2D eigenvalue weighted by Gasteiger charge is -1.94. The van der Waals surface area contributed by atoms with Crippen LogP contribution in [0.1, 0.15) is 20.3 Å².